The van der Waals surface area contributed by atoms with E-state index in [-0.39, 0.29) is 25.0 Å². The summed E-state index contributed by atoms with van der Waals surface area (Å²) in [6.45, 7) is 3.59. The van der Waals surface area contributed by atoms with E-state index < -0.39 is 11.8 Å². The Hall–Kier alpha value is -3.37. The molecule has 0 spiro atoms. The summed E-state index contributed by atoms with van der Waals surface area (Å²) >= 11 is 0. The van der Waals surface area contributed by atoms with E-state index >= 15 is 0 Å². The second-order valence-corrected chi connectivity index (χ2v) is 9.00. The molecule has 3 aromatic heterocycles. The number of rotatable bonds is 5. The summed E-state index contributed by atoms with van der Waals surface area (Å²) in [4.78, 5) is 27.4. The van der Waals surface area contributed by atoms with Crippen molar-refractivity contribution in [3.8, 4) is 0 Å². The molecule has 1 unspecified atom stereocenters. The summed E-state index contributed by atoms with van der Waals surface area (Å²) in [5.41, 5.74) is 4.04. The van der Waals surface area contributed by atoms with Crippen LogP contribution in [0.3, 0.4) is 0 Å². The predicted octanol–water partition coefficient (Wildman–Crippen LogP) is 2.27. The fraction of sp³-hybridized carbons (Fsp3) is 0.500. The molecule has 1 saturated heterocycles. The number of nitrogens with one attached hydrogen (secondary N) is 1. The van der Waals surface area contributed by atoms with Crippen molar-refractivity contribution in [2.45, 2.75) is 45.2 Å². The molecular formula is C22H26F2N8O. The van der Waals surface area contributed by atoms with Gasteiger partial charge in [0.15, 0.2) is 0 Å². The van der Waals surface area contributed by atoms with E-state index in [2.05, 4.69) is 25.4 Å². The maximum atomic E-state index is 13.9. The fourth-order valence-electron chi connectivity index (χ4n) is 4.49. The van der Waals surface area contributed by atoms with Crippen LogP contribution in [0.2, 0.25) is 0 Å². The van der Waals surface area contributed by atoms with Crippen molar-refractivity contribution in [3.63, 3.8) is 0 Å². The SMILES string of the molecule is Cc1nc(N2CC(C)C(F)(F)C2)ncc1Cn1cc(C(=O)N[C@@H]2CCc3c2ncn3C)cn1. The molecule has 1 N–H and O–H groups in total. The van der Waals surface area contributed by atoms with Crippen molar-refractivity contribution in [3.05, 3.63) is 53.1 Å². The highest BCUT2D eigenvalue weighted by atomic mass is 19.3. The average Bonchev–Trinajstić information content (AvgIpc) is 3.52. The van der Waals surface area contributed by atoms with Crippen molar-refractivity contribution in [2.75, 3.05) is 18.0 Å². The monoisotopic (exact) mass is 456 g/mol. The number of alkyl halides is 2. The van der Waals surface area contributed by atoms with Crippen molar-refractivity contribution in [1.82, 2.24) is 34.6 Å². The van der Waals surface area contributed by atoms with Crippen LogP contribution in [0.5, 0.6) is 0 Å². The van der Waals surface area contributed by atoms with Gasteiger partial charge in [-0.15, -0.1) is 0 Å². The Labute approximate surface area is 189 Å². The van der Waals surface area contributed by atoms with E-state index in [0.29, 0.717) is 23.8 Å². The molecule has 3 aromatic rings. The molecule has 174 valence electrons. The lowest BCUT2D eigenvalue weighted by atomic mass is 10.1. The molecule has 4 heterocycles. The first-order valence-corrected chi connectivity index (χ1v) is 11.0. The van der Waals surface area contributed by atoms with Crippen LogP contribution in [0.1, 0.15) is 52.4 Å². The molecule has 2 atom stereocenters. The Morgan fingerprint density at radius 3 is 2.85 bits per heavy atom. The second-order valence-electron chi connectivity index (χ2n) is 9.00. The number of anilines is 1. The Bertz CT molecular complexity index is 1200. The molecule has 11 heteroatoms. The van der Waals surface area contributed by atoms with Crippen LogP contribution in [0, 0.1) is 12.8 Å². The van der Waals surface area contributed by atoms with Gasteiger partial charge in [-0.05, 0) is 19.8 Å². The van der Waals surface area contributed by atoms with E-state index in [0.717, 1.165) is 29.8 Å². The lowest BCUT2D eigenvalue weighted by Crippen LogP contribution is -2.27. The fourth-order valence-corrected chi connectivity index (χ4v) is 4.49. The van der Waals surface area contributed by atoms with Crippen LogP contribution >= 0.6 is 0 Å². The molecule has 0 radical (unpaired) electrons. The number of aromatic nitrogens is 6. The first kappa shape index (κ1) is 21.5. The highest BCUT2D eigenvalue weighted by Crippen LogP contribution is 2.34. The zero-order valence-corrected chi connectivity index (χ0v) is 18.8. The van der Waals surface area contributed by atoms with Gasteiger partial charge in [0.2, 0.25) is 5.95 Å². The summed E-state index contributed by atoms with van der Waals surface area (Å²) in [6, 6.07) is -0.0964. The standard InChI is InChI=1S/C22H26F2N8O/c1-13-8-31(11-22(13,23)24)21-25-6-15(14(2)28-21)9-32-10-16(7-27-32)20(33)29-17-4-5-18-19(17)26-12-30(18)3/h6-7,10,12-13,17H,4-5,8-9,11H2,1-3H3,(H,29,33)/t13?,17-/m1/s1. The van der Waals surface area contributed by atoms with E-state index in [1.165, 1.54) is 18.0 Å². The number of aryl methyl sites for hydroxylation is 2. The van der Waals surface area contributed by atoms with Crippen molar-refractivity contribution in [1.29, 1.82) is 0 Å². The number of hydrogen-bond donors (Lipinski definition) is 1. The third-order valence-corrected chi connectivity index (χ3v) is 6.59. The topological polar surface area (TPSA) is 93.8 Å². The number of carbonyl (C=O) groups is 1. The number of carbonyl (C=O) groups excluding carboxylic acids is 1. The van der Waals surface area contributed by atoms with Gasteiger partial charge in [0.05, 0.1) is 42.9 Å². The Balaban J connectivity index is 1.24. The number of imidazole rings is 1. The van der Waals surface area contributed by atoms with Gasteiger partial charge in [0.25, 0.3) is 11.8 Å². The largest absolute Gasteiger partial charge is 0.343 e. The molecular weight excluding hydrogens is 430 g/mol. The van der Waals surface area contributed by atoms with E-state index in [4.69, 9.17) is 0 Å². The lowest BCUT2D eigenvalue weighted by molar-refractivity contribution is -0.0138. The number of nitrogens with zero attached hydrogens (tertiary/aromatic N) is 7. The molecule has 1 aliphatic carbocycles. The van der Waals surface area contributed by atoms with E-state index in [1.54, 1.807) is 23.4 Å². The Morgan fingerprint density at radius 1 is 1.30 bits per heavy atom. The zero-order valence-electron chi connectivity index (χ0n) is 18.8. The minimum atomic E-state index is -2.74. The first-order valence-electron chi connectivity index (χ1n) is 11.0. The Morgan fingerprint density at radius 2 is 2.12 bits per heavy atom. The summed E-state index contributed by atoms with van der Waals surface area (Å²) < 4.78 is 31.4. The maximum absolute atomic E-state index is 13.9. The van der Waals surface area contributed by atoms with Gasteiger partial charge in [-0.25, -0.2) is 23.7 Å². The van der Waals surface area contributed by atoms with Crippen LogP contribution in [0.25, 0.3) is 0 Å². The number of hydrogen-bond acceptors (Lipinski definition) is 6. The molecule has 0 saturated carbocycles. The summed E-state index contributed by atoms with van der Waals surface area (Å²) in [6.07, 6.45) is 8.34. The number of amides is 1. The minimum absolute atomic E-state index is 0.0964. The van der Waals surface area contributed by atoms with Crippen LogP contribution in [0.4, 0.5) is 14.7 Å². The third-order valence-electron chi connectivity index (χ3n) is 6.59. The summed E-state index contributed by atoms with van der Waals surface area (Å²) in [5.74, 6) is -3.36. The second kappa shape index (κ2) is 7.89. The molecule has 0 bridgehead atoms. The molecule has 5 rings (SSSR count). The summed E-state index contributed by atoms with van der Waals surface area (Å²) in [5, 5.41) is 7.34. The van der Waals surface area contributed by atoms with Gasteiger partial charge in [-0.2, -0.15) is 5.10 Å². The smallest absolute Gasteiger partial charge is 0.269 e. The normalized spacial score (nSPS) is 21.4. The molecule has 9 nitrogen and oxygen atoms in total. The van der Waals surface area contributed by atoms with Gasteiger partial charge in [0.1, 0.15) is 0 Å². The minimum Gasteiger partial charge on any atom is -0.343 e. The molecule has 1 aliphatic heterocycles. The van der Waals surface area contributed by atoms with Crippen molar-refractivity contribution < 1.29 is 13.6 Å². The van der Waals surface area contributed by atoms with Crippen molar-refractivity contribution >= 4 is 11.9 Å². The van der Waals surface area contributed by atoms with Gasteiger partial charge in [-0.1, -0.05) is 6.92 Å². The quantitative estimate of drug-likeness (QED) is 0.633. The average molecular weight is 457 g/mol. The predicted molar refractivity (Wildman–Crippen MR) is 116 cm³/mol. The summed E-state index contributed by atoms with van der Waals surface area (Å²) in [7, 11) is 1.96. The van der Waals surface area contributed by atoms with Crippen LogP contribution in [-0.2, 0) is 20.0 Å². The molecule has 0 aromatic carbocycles. The van der Waals surface area contributed by atoms with Crippen LogP contribution in [-0.4, -0.2) is 54.2 Å². The van der Waals surface area contributed by atoms with Gasteiger partial charge >= 0.3 is 0 Å². The molecule has 33 heavy (non-hydrogen) atoms. The molecule has 1 amide bonds. The molecule has 1 fully saturated rings. The Kier molecular flexibility index (Phi) is 5.13. The van der Waals surface area contributed by atoms with E-state index in [1.807, 2.05) is 18.5 Å². The van der Waals surface area contributed by atoms with Crippen molar-refractivity contribution in [2.24, 2.45) is 13.0 Å². The third kappa shape index (κ3) is 3.96. The van der Waals surface area contributed by atoms with Gasteiger partial charge in [-0.3, -0.25) is 9.48 Å². The lowest BCUT2D eigenvalue weighted by Gasteiger charge is -2.17. The number of fused-ring (bicyclic) bond motifs is 1. The van der Waals surface area contributed by atoms with E-state index in [9.17, 15) is 13.6 Å². The van der Waals surface area contributed by atoms with Crippen LogP contribution in [0.15, 0.2) is 24.9 Å². The van der Waals surface area contributed by atoms with Gasteiger partial charge < -0.3 is 14.8 Å². The van der Waals surface area contributed by atoms with Crippen LogP contribution < -0.4 is 10.2 Å². The van der Waals surface area contributed by atoms with Gasteiger partial charge in [0, 0.05) is 48.9 Å². The highest BCUT2D eigenvalue weighted by Gasteiger charge is 2.46. The molecule has 2 aliphatic rings. The number of halogens is 2. The highest BCUT2D eigenvalue weighted by molar-refractivity contribution is 5.94. The zero-order chi connectivity index (χ0) is 23.3. The maximum Gasteiger partial charge on any atom is 0.269 e. The first-order chi connectivity index (χ1) is 15.7.